The van der Waals surface area contributed by atoms with E-state index in [1.54, 1.807) is 20.8 Å². The van der Waals surface area contributed by atoms with E-state index in [2.05, 4.69) is 0 Å². The molecule has 0 rings (SSSR count). The minimum absolute atomic E-state index is 0.277. The Morgan fingerprint density at radius 3 is 2.10 bits per heavy atom. The van der Waals surface area contributed by atoms with Crippen LogP contribution < -0.4 is 5.73 Å². The molecule has 5 heteroatoms. The number of esters is 1. The lowest BCUT2D eigenvalue weighted by molar-refractivity contribution is -0.149. The van der Waals surface area contributed by atoms with Gasteiger partial charge in [-0.1, -0.05) is 27.7 Å². The van der Waals surface area contributed by atoms with Crippen molar-refractivity contribution in [1.29, 1.82) is 0 Å². The Morgan fingerprint density at radius 1 is 1.25 bits per heavy atom. The summed E-state index contributed by atoms with van der Waals surface area (Å²) in [6.07, 6.45) is 0.800. The Labute approximate surface area is 125 Å². The summed E-state index contributed by atoms with van der Waals surface area (Å²) in [4.78, 5) is 12.0. The molecule has 2 unspecified atom stereocenters. The van der Waals surface area contributed by atoms with Crippen LogP contribution in [0.3, 0.4) is 0 Å². The summed E-state index contributed by atoms with van der Waals surface area (Å²) in [6.45, 7) is 13.2. The second-order valence-electron chi connectivity index (χ2n) is 7.09. The summed E-state index contributed by atoms with van der Waals surface area (Å²) in [6, 6.07) is -0.477. The van der Waals surface area contributed by atoms with Crippen molar-refractivity contribution in [2.45, 2.75) is 60.9 Å². The fourth-order valence-corrected chi connectivity index (χ4v) is 2.21. The summed E-state index contributed by atoms with van der Waals surface area (Å²) < 4.78 is 17.3. The van der Waals surface area contributed by atoms with E-state index in [0.29, 0.717) is 11.5 Å². The van der Waals surface area contributed by atoms with Crippen molar-refractivity contribution < 1.29 is 13.7 Å². The molecule has 0 radical (unpaired) electrons. The molecule has 0 aromatic heterocycles. The molecule has 0 saturated carbocycles. The van der Waals surface area contributed by atoms with Crippen LogP contribution in [0.1, 0.15) is 54.9 Å². The van der Waals surface area contributed by atoms with Crippen LogP contribution in [-0.2, 0) is 20.3 Å². The van der Waals surface area contributed by atoms with Gasteiger partial charge in [-0.15, -0.1) is 0 Å². The molecular formula is C15H29NO3S. The smallest absolute Gasteiger partial charge is 0.316 e. The fraction of sp³-hybridized carbons (Fsp3) is 0.800. The van der Waals surface area contributed by atoms with Gasteiger partial charge in [-0.3, -0.25) is 9.00 Å². The second-order valence-corrected chi connectivity index (χ2v) is 8.49. The number of carbonyl (C=O) groups excluding carboxylic acids is 1. The predicted molar refractivity (Wildman–Crippen MR) is 84.4 cm³/mol. The summed E-state index contributed by atoms with van der Waals surface area (Å²) in [7, 11) is -1.17. The van der Waals surface area contributed by atoms with Crippen LogP contribution in [0, 0.1) is 10.8 Å². The van der Waals surface area contributed by atoms with Crippen LogP contribution >= 0.6 is 0 Å². The van der Waals surface area contributed by atoms with E-state index in [0.717, 1.165) is 6.42 Å². The molecule has 0 spiro atoms. The minimum atomic E-state index is -1.17. The molecule has 2 atom stereocenters. The van der Waals surface area contributed by atoms with Crippen LogP contribution in [0.2, 0.25) is 0 Å². The predicted octanol–water partition coefficient (Wildman–Crippen LogP) is 2.95. The molecule has 0 aliphatic heterocycles. The molecular weight excluding hydrogens is 274 g/mol. The van der Waals surface area contributed by atoms with Crippen molar-refractivity contribution in [3.63, 3.8) is 0 Å². The van der Waals surface area contributed by atoms with Crippen molar-refractivity contribution >= 4 is 16.8 Å². The first-order valence-electron chi connectivity index (χ1n) is 6.96. The highest BCUT2D eigenvalue weighted by molar-refractivity contribution is 7.87. The number of hydrogen-bond donors (Lipinski definition) is 1. The maximum absolute atomic E-state index is 12.0. The van der Waals surface area contributed by atoms with Gasteiger partial charge in [0.1, 0.15) is 5.76 Å². The third-order valence-corrected chi connectivity index (χ3v) is 4.02. The lowest BCUT2D eigenvalue weighted by Crippen LogP contribution is -2.39. The fourth-order valence-electron chi connectivity index (χ4n) is 1.24. The Hall–Kier alpha value is -0.680. The Kier molecular flexibility index (Phi) is 7.11. The summed E-state index contributed by atoms with van der Waals surface area (Å²) >= 11 is 0. The molecule has 2 N–H and O–H groups in total. The summed E-state index contributed by atoms with van der Waals surface area (Å²) in [5, 5.41) is 1.49. The SMILES string of the molecule is CCCS(=O)/C=C(/OC(=O)C(C)(C)C)C(N)C(C)(C)C. The molecule has 0 aromatic carbocycles. The average Bonchev–Trinajstić information content (AvgIpc) is 2.24. The molecule has 118 valence electrons. The molecule has 0 aliphatic carbocycles. The van der Waals surface area contributed by atoms with Crippen LogP contribution in [0.4, 0.5) is 0 Å². The van der Waals surface area contributed by atoms with Crippen molar-refractivity contribution in [2.75, 3.05) is 5.75 Å². The number of ether oxygens (including phenoxy) is 1. The monoisotopic (exact) mass is 303 g/mol. The van der Waals surface area contributed by atoms with Crippen molar-refractivity contribution in [1.82, 2.24) is 0 Å². The van der Waals surface area contributed by atoms with Gasteiger partial charge in [0.2, 0.25) is 0 Å². The second kappa shape index (κ2) is 7.36. The molecule has 0 fully saturated rings. The number of hydrogen-bond acceptors (Lipinski definition) is 4. The first-order valence-corrected chi connectivity index (χ1v) is 8.34. The zero-order chi connectivity index (χ0) is 16.1. The Balaban J connectivity index is 5.29. The molecule has 0 amide bonds. The normalized spacial score (nSPS) is 16.7. The summed E-state index contributed by atoms with van der Waals surface area (Å²) in [5.74, 6) is 0.481. The van der Waals surface area contributed by atoms with Crippen LogP contribution in [0.5, 0.6) is 0 Å². The van der Waals surface area contributed by atoms with Gasteiger partial charge in [0.25, 0.3) is 0 Å². The van der Waals surface area contributed by atoms with Crippen molar-refractivity contribution in [3.8, 4) is 0 Å². The quantitative estimate of drug-likeness (QED) is 0.626. The van der Waals surface area contributed by atoms with Crippen molar-refractivity contribution in [3.05, 3.63) is 11.2 Å². The van der Waals surface area contributed by atoms with Gasteiger partial charge in [-0.05, 0) is 32.6 Å². The lowest BCUT2D eigenvalue weighted by atomic mass is 9.86. The molecule has 4 nitrogen and oxygen atoms in total. The first kappa shape index (κ1) is 19.3. The molecule has 20 heavy (non-hydrogen) atoms. The van der Waals surface area contributed by atoms with E-state index >= 15 is 0 Å². The van der Waals surface area contributed by atoms with E-state index in [1.165, 1.54) is 5.41 Å². The number of carbonyl (C=O) groups is 1. The molecule has 0 aromatic rings. The van der Waals surface area contributed by atoms with E-state index in [1.807, 2.05) is 27.7 Å². The molecule has 0 heterocycles. The van der Waals surface area contributed by atoms with Crippen LogP contribution in [-0.4, -0.2) is 22.0 Å². The lowest BCUT2D eigenvalue weighted by Gasteiger charge is -2.29. The molecule has 0 saturated heterocycles. The molecule has 0 bridgehead atoms. The zero-order valence-electron chi connectivity index (χ0n) is 13.8. The Bertz CT molecular complexity index is 389. The highest BCUT2D eigenvalue weighted by Gasteiger charge is 2.31. The third kappa shape index (κ3) is 6.66. The van der Waals surface area contributed by atoms with Crippen LogP contribution in [0.25, 0.3) is 0 Å². The highest BCUT2D eigenvalue weighted by atomic mass is 32.2. The van der Waals surface area contributed by atoms with Crippen molar-refractivity contribution in [2.24, 2.45) is 16.6 Å². The van der Waals surface area contributed by atoms with E-state index in [4.69, 9.17) is 10.5 Å². The highest BCUT2D eigenvalue weighted by Crippen LogP contribution is 2.26. The third-order valence-electron chi connectivity index (χ3n) is 2.72. The van der Waals surface area contributed by atoms with Gasteiger partial charge < -0.3 is 10.5 Å². The Morgan fingerprint density at radius 2 is 1.75 bits per heavy atom. The van der Waals surface area contributed by atoms with E-state index in [-0.39, 0.29) is 11.4 Å². The standard InChI is InChI=1S/C15H29NO3S/c1-8-9-20(18)10-11(12(16)14(2,3)4)19-13(17)15(5,6)7/h10,12H,8-9,16H2,1-7H3/b11-10+. The zero-order valence-corrected chi connectivity index (χ0v) is 14.6. The summed E-state index contributed by atoms with van der Waals surface area (Å²) in [5.41, 5.74) is 5.25. The minimum Gasteiger partial charge on any atom is -0.428 e. The van der Waals surface area contributed by atoms with Gasteiger partial charge >= 0.3 is 5.97 Å². The maximum atomic E-state index is 12.0. The van der Waals surface area contributed by atoms with E-state index in [9.17, 15) is 9.00 Å². The largest absolute Gasteiger partial charge is 0.428 e. The van der Waals surface area contributed by atoms with Gasteiger partial charge in [-0.25, -0.2) is 0 Å². The molecule has 0 aliphatic rings. The topological polar surface area (TPSA) is 69.4 Å². The van der Waals surface area contributed by atoms with E-state index < -0.39 is 22.3 Å². The van der Waals surface area contributed by atoms with Crippen LogP contribution in [0.15, 0.2) is 11.2 Å². The number of rotatable bonds is 5. The van der Waals surface area contributed by atoms with Gasteiger partial charge in [0.15, 0.2) is 0 Å². The van der Waals surface area contributed by atoms with Gasteiger partial charge in [0.05, 0.1) is 11.5 Å². The number of nitrogens with two attached hydrogens (primary N) is 1. The first-order chi connectivity index (χ1) is 8.89. The maximum Gasteiger partial charge on any atom is 0.316 e. The van der Waals surface area contributed by atoms with Gasteiger partial charge in [-0.2, -0.15) is 0 Å². The van der Waals surface area contributed by atoms with Gasteiger partial charge in [0, 0.05) is 22.0 Å². The average molecular weight is 303 g/mol.